The number of aliphatic carboxylic acids is 1. The van der Waals surface area contributed by atoms with Crippen molar-refractivity contribution in [1.29, 1.82) is 0 Å². The summed E-state index contributed by atoms with van der Waals surface area (Å²) in [6.07, 6.45) is 2.50. The van der Waals surface area contributed by atoms with E-state index >= 15 is 0 Å². The normalized spacial score (nSPS) is 11.7. The van der Waals surface area contributed by atoms with Gasteiger partial charge in [0.15, 0.2) is 0 Å². The van der Waals surface area contributed by atoms with Crippen molar-refractivity contribution in [3.63, 3.8) is 0 Å². The van der Waals surface area contributed by atoms with Crippen LogP contribution in [-0.4, -0.2) is 39.6 Å². The van der Waals surface area contributed by atoms with E-state index in [0.717, 1.165) is 11.3 Å². The molecule has 0 bridgehead atoms. The molecule has 0 saturated carbocycles. The second-order valence-electron chi connectivity index (χ2n) is 4.04. The molecule has 1 rings (SSSR count). The Bertz CT molecular complexity index is 481. The largest absolute Gasteiger partial charge is 0.480 e. The Morgan fingerprint density at radius 2 is 2.37 bits per heavy atom. The summed E-state index contributed by atoms with van der Waals surface area (Å²) in [4.78, 5) is 22.4. The van der Waals surface area contributed by atoms with Gasteiger partial charge in [0.1, 0.15) is 12.6 Å². The molecule has 2 N–H and O–H groups in total. The number of rotatable bonds is 6. The third-order valence-corrected chi connectivity index (χ3v) is 2.46. The summed E-state index contributed by atoms with van der Waals surface area (Å²) < 4.78 is 6.29. The number of carbonyl (C=O) groups is 2. The highest BCUT2D eigenvalue weighted by Gasteiger charge is 2.22. The summed E-state index contributed by atoms with van der Waals surface area (Å²) in [7, 11) is 1.75. The van der Waals surface area contributed by atoms with Crippen LogP contribution in [0.25, 0.3) is 0 Å². The standard InChI is InChI=1S/C12H17N3O4/c1-4-5-19-12(18)13-10(11(16)17)6-9-7-15(3)14-8(9)2/h4,7,10H,1,5-6H2,2-3H3,(H,13,18)(H,16,17). The number of nitrogens with zero attached hydrogens (tertiary/aromatic N) is 2. The van der Waals surface area contributed by atoms with E-state index in [0.29, 0.717) is 0 Å². The molecule has 1 atom stereocenters. The fraction of sp³-hybridized carbons (Fsp3) is 0.417. The Labute approximate surface area is 110 Å². The van der Waals surface area contributed by atoms with Crippen molar-refractivity contribution in [1.82, 2.24) is 15.1 Å². The second kappa shape index (κ2) is 6.58. The van der Waals surface area contributed by atoms with Crippen LogP contribution in [0.5, 0.6) is 0 Å². The van der Waals surface area contributed by atoms with E-state index in [9.17, 15) is 9.59 Å². The minimum Gasteiger partial charge on any atom is -0.480 e. The van der Waals surface area contributed by atoms with E-state index < -0.39 is 18.1 Å². The summed E-state index contributed by atoms with van der Waals surface area (Å²) in [5.41, 5.74) is 1.49. The van der Waals surface area contributed by atoms with Gasteiger partial charge in [-0.25, -0.2) is 9.59 Å². The zero-order valence-corrected chi connectivity index (χ0v) is 10.9. The Morgan fingerprint density at radius 3 is 2.84 bits per heavy atom. The molecular formula is C12H17N3O4. The predicted molar refractivity (Wildman–Crippen MR) is 67.8 cm³/mol. The molecule has 0 radical (unpaired) electrons. The maximum absolute atomic E-state index is 11.3. The summed E-state index contributed by atoms with van der Waals surface area (Å²) in [5.74, 6) is -1.13. The molecule has 1 amide bonds. The van der Waals surface area contributed by atoms with Gasteiger partial charge in [0.25, 0.3) is 0 Å². The molecular weight excluding hydrogens is 250 g/mol. The minimum atomic E-state index is -1.13. The van der Waals surface area contributed by atoms with Crippen molar-refractivity contribution < 1.29 is 19.4 Å². The molecule has 0 aromatic carbocycles. The highest BCUT2D eigenvalue weighted by Crippen LogP contribution is 2.08. The Kier molecular flexibility index (Phi) is 5.11. The predicted octanol–water partition coefficient (Wildman–Crippen LogP) is 0.636. The highest BCUT2D eigenvalue weighted by molar-refractivity contribution is 5.80. The third kappa shape index (κ3) is 4.46. The van der Waals surface area contributed by atoms with Crippen LogP contribution in [0.2, 0.25) is 0 Å². The number of aryl methyl sites for hydroxylation is 2. The van der Waals surface area contributed by atoms with Gasteiger partial charge in [0.2, 0.25) is 0 Å². The zero-order valence-electron chi connectivity index (χ0n) is 10.9. The lowest BCUT2D eigenvalue weighted by molar-refractivity contribution is -0.139. The Hall–Kier alpha value is -2.31. The Morgan fingerprint density at radius 1 is 1.68 bits per heavy atom. The average Bonchev–Trinajstić information content (AvgIpc) is 2.64. The first-order valence-corrected chi connectivity index (χ1v) is 5.70. The third-order valence-electron chi connectivity index (χ3n) is 2.46. The quantitative estimate of drug-likeness (QED) is 0.738. The van der Waals surface area contributed by atoms with Gasteiger partial charge in [0, 0.05) is 19.7 Å². The molecule has 0 aliphatic heterocycles. The number of ether oxygens (including phenoxy) is 1. The molecule has 7 heteroatoms. The number of nitrogens with one attached hydrogen (secondary N) is 1. The van der Waals surface area contributed by atoms with Crippen LogP contribution in [0.15, 0.2) is 18.9 Å². The number of carboxylic acid groups (broad SMARTS) is 1. The van der Waals surface area contributed by atoms with Gasteiger partial charge in [-0.15, -0.1) is 0 Å². The second-order valence-corrected chi connectivity index (χ2v) is 4.04. The monoisotopic (exact) mass is 267 g/mol. The number of hydrogen-bond donors (Lipinski definition) is 2. The molecule has 104 valence electrons. The molecule has 1 heterocycles. The number of aromatic nitrogens is 2. The first-order valence-electron chi connectivity index (χ1n) is 5.70. The Balaban J connectivity index is 2.68. The van der Waals surface area contributed by atoms with Gasteiger partial charge >= 0.3 is 12.1 Å². The number of carboxylic acids is 1. The van der Waals surface area contributed by atoms with Crippen molar-refractivity contribution in [2.24, 2.45) is 7.05 Å². The SMILES string of the molecule is C=CCOC(=O)NC(Cc1cn(C)nc1C)C(=O)O. The molecule has 0 spiro atoms. The van der Waals surface area contributed by atoms with Crippen LogP contribution < -0.4 is 5.32 Å². The molecule has 7 nitrogen and oxygen atoms in total. The van der Waals surface area contributed by atoms with Crippen molar-refractivity contribution >= 4 is 12.1 Å². The fourth-order valence-electron chi connectivity index (χ4n) is 1.59. The topological polar surface area (TPSA) is 93.5 Å². The molecule has 0 aliphatic carbocycles. The van der Waals surface area contributed by atoms with Crippen molar-refractivity contribution in [3.8, 4) is 0 Å². The van der Waals surface area contributed by atoms with E-state index in [-0.39, 0.29) is 13.0 Å². The number of amides is 1. The van der Waals surface area contributed by atoms with Gasteiger partial charge < -0.3 is 15.2 Å². The van der Waals surface area contributed by atoms with Gasteiger partial charge in [-0.05, 0) is 12.5 Å². The van der Waals surface area contributed by atoms with Crippen LogP contribution in [0.3, 0.4) is 0 Å². The van der Waals surface area contributed by atoms with Gasteiger partial charge in [0.05, 0.1) is 5.69 Å². The van der Waals surface area contributed by atoms with Crippen LogP contribution >= 0.6 is 0 Å². The van der Waals surface area contributed by atoms with Gasteiger partial charge in [-0.1, -0.05) is 12.7 Å². The number of carbonyl (C=O) groups excluding carboxylic acids is 1. The molecule has 19 heavy (non-hydrogen) atoms. The zero-order chi connectivity index (χ0) is 14.4. The van der Waals surface area contributed by atoms with Crippen LogP contribution in [0, 0.1) is 6.92 Å². The fourth-order valence-corrected chi connectivity index (χ4v) is 1.59. The maximum atomic E-state index is 11.3. The molecule has 0 aliphatic rings. The van der Waals surface area contributed by atoms with Crippen molar-refractivity contribution in [2.75, 3.05) is 6.61 Å². The highest BCUT2D eigenvalue weighted by atomic mass is 16.5. The number of alkyl carbamates (subject to hydrolysis) is 1. The van der Waals surface area contributed by atoms with E-state index in [4.69, 9.17) is 9.84 Å². The lowest BCUT2D eigenvalue weighted by atomic mass is 10.1. The van der Waals surface area contributed by atoms with Crippen LogP contribution in [0.4, 0.5) is 4.79 Å². The lowest BCUT2D eigenvalue weighted by Crippen LogP contribution is -2.42. The maximum Gasteiger partial charge on any atom is 0.408 e. The summed E-state index contributed by atoms with van der Waals surface area (Å²) in [6, 6.07) is -1.06. The summed E-state index contributed by atoms with van der Waals surface area (Å²) >= 11 is 0. The smallest absolute Gasteiger partial charge is 0.408 e. The first kappa shape index (κ1) is 14.7. The molecule has 0 fully saturated rings. The van der Waals surface area contributed by atoms with Crippen molar-refractivity contribution in [2.45, 2.75) is 19.4 Å². The van der Waals surface area contributed by atoms with Crippen molar-refractivity contribution in [3.05, 3.63) is 30.1 Å². The van der Waals surface area contributed by atoms with E-state index in [2.05, 4.69) is 17.0 Å². The average molecular weight is 267 g/mol. The first-order chi connectivity index (χ1) is 8.93. The molecule has 0 saturated heterocycles. The number of hydrogen-bond acceptors (Lipinski definition) is 4. The molecule has 1 aromatic heterocycles. The van der Waals surface area contributed by atoms with Gasteiger partial charge in [-0.3, -0.25) is 4.68 Å². The summed E-state index contributed by atoms with van der Waals surface area (Å²) in [6.45, 7) is 5.21. The molecule has 1 unspecified atom stereocenters. The van der Waals surface area contributed by atoms with Gasteiger partial charge in [-0.2, -0.15) is 5.10 Å². The van der Waals surface area contributed by atoms with Crippen LogP contribution in [0.1, 0.15) is 11.3 Å². The van der Waals surface area contributed by atoms with E-state index in [1.165, 1.54) is 6.08 Å². The summed E-state index contributed by atoms with van der Waals surface area (Å²) in [5, 5.41) is 15.5. The molecule has 1 aromatic rings. The van der Waals surface area contributed by atoms with Crippen LogP contribution in [-0.2, 0) is 23.0 Å². The lowest BCUT2D eigenvalue weighted by Gasteiger charge is -2.13. The minimum absolute atomic E-state index is 0.0318. The van der Waals surface area contributed by atoms with E-state index in [1.807, 2.05) is 0 Å². The van der Waals surface area contributed by atoms with E-state index in [1.54, 1.807) is 24.9 Å².